The number of oxazole rings is 1. The van der Waals surface area contributed by atoms with Gasteiger partial charge < -0.3 is 15.1 Å². The number of hydrogen-bond acceptors (Lipinski definition) is 4. The van der Waals surface area contributed by atoms with E-state index < -0.39 is 11.7 Å². The Kier molecular flexibility index (Phi) is 6.93. The topological polar surface area (TPSA) is 65.7 Å². The number of alkyl halides is 3. The van der Waals surface area contributed by atoms with E-state index in [1.807, 2.05) is 0 Å². The summed E-state index contributed by atoms with van der Waals surface area (Å²) in [6.07, 6.45) is -1.62. The van der Waals surface area contributed by atoms with Gasteiger partial charge in [0, 0.05) is 38.1 Å². The van der Waals surface area contributed by atoms with Crippen molar-refractivity contribution in [1.82, 2.24) is 20.5 Å². The Bertz CT molecular complexity index is 884. The largest absolute Gasteiger partial charge is 0.443 e. The van der Waals surface area contributed by atoms with Crippen molar-refractivity contribution in [2.75, 3.05) is 20.1 Å². The molecule has 0 spiro atoms. The van der Waals surface area contributed by atoms with E-state index in [0.29, 0.717) is 24.9 Å². The van der Waals surface area contributed by atoms with Gasteiger partial charge in [0.25, 0.3) is 0 Å². The first-order valence-electron chi connectivity index (χ1n) is 10.4. The quantitative estimate of drug-likeness (QED) is 0.548. The minimum atomic E-state index is -4.30. The summed E-state index contributed by atoms with van der Waals surface area (Å²) in [5.74, 6) is 2.10. The smallest absolute Gasteiger partial charge is 0.416 e. The second kappa shape index (κ2) is 9.30. The minimum absolute atomic E-state index is 0.0917. The molecule has 9 heteroatoms. The number of aromatic nitrogens is 1. The van der Waals surface area contributed by atoms with E-state index in [0.717, 1.165) is 43.0 Å². The summed E-state index contributed by atoms with van der Waals surface area (Å²) in [6, 6.07) is 5.58. The van der Waals surface area contributed by atoms with Gasteiger partial charge in [-0.3, -0.25) is 9.89 Å². The van der Waals surface area contributed by atoms with Gasteiger partial charge in [-0.15, -0.1) is 0 Å². The lowest BCUT2D eigenvalue weighted by Gasteiger charge is -2.19. The Morgan fingerprint density at radius 1 is 1.23 bits per heavy atom. The van der Waals surface area contributed by atoms with Crippen molar-refractivity contribution in [3.63, 3.8) is 0 Å². The van der Waals surface area contributed by atoms with Crippen LogP contribution in [0.3, 0.4) is 0 Å². The van der Waals surface area contributed by atoms with Crippen LogP contribution in [0.4, 0.5) is 13.2 Å². The third-order valence-electron chi connectivity index (χ3n) is 5.22. The molecular weight excluding hydrogens is 407 g/mol. The molecule has 1 aliphatic heterocycles. The summed E-state index contributed by atoms with van der Waals surface area (Å²) in [7, 11) is 1.71. The standard InChI is InChI=1S/C22H30F3N5O/c1-21(2,3)18-11-27-19(31-18)12-28-20(26-4)29-17-9-10-30(14-17)13-15-5-7-16(8-6-15)22(23,24)25/h5-8,11,17H,9-10,12-14H2,1-4H3,(H2,26,28,29). The number of guanidine groups is 1. The number of nitrogens with zero attached hydrogens (tertiary/aromatic N) is 3. The molecule has 6 nitrogen and oxygen atoms in total. The van der Waals surface area contributed by atoms with Crippen molar-refractivity contribution < 1.29 is 17.6 Å². The summed E-state index contributed by atoms with van der Waals surface area (Å²) in [5.41, 5.74) is 0.161. The van der Waals surface area contributed by atoms with Crippen molar-refractivity contribution in [3.8, 4) is 0 Å². The van der Waals surface area contributed by atoms with E-state index >= 15 is 0 Å². The molecule has 1 unspecified atom stereocenters. The third kappa shape index (κ3) is 6.46. The molecule has 0 amide bonds. The summed E-state index contributed by atoms with van der Waals surface area (Å²) in [5, 5.41) is 6.62. The van der Waals surface area contributed by atoms with Crippen LogP contribution in [0.5, 0.6) is 0 Å². The third-order valence-corrected chi connectivity index (χ3v) is 5.22. The van der Waals surface area contributed by atoms with E-state index in [4.69, 9.17) is 4.42 Å². The average Bonchev–Trinajstić information content (AvgIpc) is 3.34. The summed E-state index contributed by atoms with van der Waals surface area (Å²) in [6.45, 7) is 8.91. The zero-order chi connectivity index (χ0) is 22.6. The van der Waals surface area contributed by atoms with Gasteiger partial charge in [-0.25, -0.2) is 4.98 Å². The maximum absolute atomic E-state index is 12.7. The second-order valence-corrected chi connectivity index (χ2v) is 8.85. The van der Waals surface area contributed by atoms with Gasteiger partial charge in [0.1, 0.15) is 5.76 Å². The van der Waals surface area contributed by atoms with Crippen molar-refractivity contribution in [2.45, 2.75) is 57.9 Å². The Morgan fingerprint density at radius 2 is 1.94 bits per heavy atom. The number of aliphatic imine (C=N–C) groups is 1. The molecular formula is C22H30F3N5O. The van der Waals surface area contributed by atoms with Crippen LogP contribution < -0.4 is 10.6 Å². The molecule has 0 radical (unpaired) electrons. The van der Waals surface area contributed by atoms with Gasteiger partial charge >= 0.3 is 6.18 Å². The molecule has 2 N–H and O–H groups in total. The van der Waals surface area contributed by atoms with Gasteiger partial charge in [0.2, 0.25) is 5.89 Å². The number of hydrogen-bond donors (Lipinski definition) is 2. The number of likely N-dealkylation sites (tertiary alicyclic amines) is 1. The molecule has 1 aromatic carbocycles. The highest BCUT2D eigenvalue weighted by atomic mass is 19.4. The zero-order valence-corrected chi connectivity index (χ0v) is 18.4. The highest BCUT2D eigenvalue weighted by Crippen LogP contribution is 2.29. The molecule has 0 bridgehead atoms. The summed E-state index contributed by atoms with van der Waals surface area (Å²) < 4.78 is 43.9. The zero-order valence-electron chi connectivity index (χ0n) is 18.4. The number of rotatable bonds is 5. The van der Waals surface area contributed by atoms with E-state index in [1.165, 1.54) is 0 Å². The average molecular weight is 438 g/mol. The highest BCUT2D eigenvalue weighted by Gasteiger charge is 2.30. The van der Waals surface area contributed by atoms with Crippen LogP contribution in [0.15, 0.2) is 39.9 Å². The number of halogens is 3. The SMILES string of the molecule is CN=C(NCc1ncc(C(C)(C)C)o1)NC1CCN(Cc2ccc(C(F)(F)F)cc2)C1. The predicted octanol–water partition coefficient (Wildman–Crippen LogP) is 3.93. The molecule has 1 aliphatic rings. The second-order valence-electron chi connectivity index (χ2n) is 8.85. The van der Waals surface area contributed by atoms with Crippen LogP contribution >= 0.6 is 0 Å². The minimum Gasteiger partial charge on any atom is -0.443 e. The van der Waals surface area contributed by atoms with Crippen LogP contribution in [0.1, 0.15) is 50.0 Å². The van der Waals surface area contributed by atoms with Crippen molar-refractivity contribution in [1.29, 1.82) is 0 Å². The van der Waals surface area contributed by atoms with Crippen molar-refractivity contribution in [2.24, 2.45) is 4.99 Å². The van der Waals surface area contributed by atoms with E-state index in [-0.39, 0.29) is 11.5 Å². The maximum atomic E-state index is 12.7. The molecule has 31 heavy (non-hydrogen) atoms. The Morgan fingerprint density at radius 3 is 2.52 bits per heavy atom. The fourth-order valence-electron chi connectivity index (χ4n) is 3.44. The molecule has 3 rings (SSSR count). The van der Waals surface area contributed by atoms with Crippen LogP contribution in [-0.2, 0) is 24.7 Å². The lowest BCUT2D eigenvalue weighted by molar-refractivity contribution is -0.137. The van der Waals surface area contributed by atoms with Crippen molar-refractivity contribution in [3.05, 3.63) is 53.2 Å². The van der Waals surface area contributed by atoms with E-state index in [9.17, 15) is 13.2 Å². The van der Waals surface area contributed by atoms with Gasteiger partial charge in [-0.2, -0.15) is 13.2 Å². The molecule has 2 heterocycles. The van der Waals surface area contributed by atoms with Crippen molar-refractivity contribution >= 4 is 5.96 Å². The first-order valence-corrected chi connectivity index (χ1v) is 10.4. The lowest BCUT2D eigenvalue weighted by atomic mass is 9.94. The van der Waals surface area contributed by atoms with E-state index in [1.54, 1.807) is 25.4 Å². The Labute approximate surface area is 180 Å². The van der Waals surface area contributed by atoms with Gasteiger partial charge in [0.05, 0.1) is 18.3 Å². The fourth-order valence-corrected chi connectivity index (χ4v) is 3.44. The molecule has 0 aliphatic carbocycles. The first kappa shape index (κ1) is 23.1. The lowest BCUT2D eigenvalue weighted by Crippen LogP contribution is -2.44. The monoisotopic (exact) mass is 437 g/mol. The van der Waals surface area contributed by atoms with Gasteiger partial charge in [0.15, 0.2) is 5.96 Å². The summed E-state index contributed by atoms with van der Waals surface area (Å²) >= 11 is 0. The van der Waals surface area contributed by atoms with Crippen LogP contribution in [0.25, 0.3) is 0 Å². The van der Waals surface area contributed by atoms with Gasteiger partial charge in [-0.1, -0.05) is 32.9 Å². The predicted molar refractivity (Wildman–Crippen MR) is 114 cm³/mol. The number of nitrogens with one attached hydrogen (secondary N) is 2. The molecule has 2 aromatic rings. The molecule has 1 aromatic heterocycles. The first-order chi connectivity index (χ1) is 14.5. The Hall–Kier alpha value is -2.55. The molecule has 1 fully saturated rings. The maximum Gasteiger partial charge on any atom is 0.416 e. The molecule has 170 valence electrons. The van der Waals surface area contributed by atoms with Gasteiger partial charge in [-0.05, 0) is 24.1 Å². The normalized spacial score (nSPS) is 18.4. The Balaban J connectivity index is 1.46. The fraction of sp³-hybridized carbons (Fsp3) is 0.545. The number of benzene rings is 1. The van der Waals surface area contributed by atoms with Crippen LogP contribution in [-0.4, -0.2) is 42.0 Å². The highest BCUT2D eigenvalue weighted by molar-refractivity contribution is 5.79. The molecule has 1 atom stereocenters. The van der Waals surface area contributed by atoms with Crippen LogP contribution in [0.2, 0.25) is 0 Å². The molecule has 1 saturated heterocycles. The summed E-state index contributed by atoms with van der Waals surface area (Å²) in [4.78, 5) is 10.8. The van der Waals surface area contributed by atoms with E-state index in [2.05, 4.69) is 46.3 Å². The molecule has 0 saturated carbocycles. The van der Waals surface area contributed by atoms with Crippen LogP contribution in [0, 0.1) is 0 Å².